The van der Waals surface area contributed by atoms with Crippen LogP contribution in [0.4, 0.5) is 5.69 Å². The fourth-order valence-electron chi connectivity index (χ4n) is 3.61. The number of nitrogens with one attached hydrogen (secondary N) is 1. The van der Waals surface area contributed by atoms with Crippen molar-refractivity contribution in [2.24, 2.45) is 5.92 Å². The van der Waals surface area contributed by atoms with Crippen LogP contribution >= 0.6 is 0 Å². The van der Waals surface area contributed by atoms with E-state index < -0.39 is 33.9 Å². The maximum Gasteiger partial charge on any atom is 0.309 e. The molecule has 10 heteroatoms. The zero-order chi connectivity index (χ0) is 24.9. The van der Waals surface area contributed by atoms with E-state index in [2.05, 4.69) is 5.32 Å². The molecule has 1 atom stereocenters. The Morgan fingerprint density at radius 3 is 2.29 bits per heavy atom. The molecule has 1 aliphatic rings. The van der Waals surface area contributed by atoms with Gasteiger partial charge in [0.1, 0.15) is 5.75 Å². The van der Waals surface area contributed by atoms with Crippen LogP contribution in [0.2, 0.25) is 0 Å². The van der Waals surface area contributed by atoms with Gasteiger partial charge in [0.05, 0.1) is 17.9 Å². The van der Waals surface area contributed by atoms with E-state index >= 15 is 0 Å². The van der Waals surface area contributed by atoms with Crippen molar-refractivity contribution in [1.82, 2.24) is 4.31 Å². The van der Waals surface area contributed by atoms with Crippen molar-refractivity contribution < 1.29 is 32.3 Å². The zero-order valence-corrected chi connectivity index (χ0v) is 20.1. The highest BCUT2D eigenvalue weighted by atomic mass is 32.2. The van der Waals surface area contributed by atoms with Crippen molar-refractivity contribution in [2.75, 3.05) is 25.5 Å². The minimum absolute atomic E-state index is 0.0985. The van der Waals surface area contributed by atoms with E-state index in [0.29, 0.717) is 17.0 Å². The summed E-state index contributed by atoms with van der Waals surface area (Å²) < 4.78 is 37.6. The number of benzene rings is 2. The quantitative estimate of drug-likeness (QED) is 0.448. The molecule has 0 unspecified atom stereocenters. The monoisotopic (exact) mass is 488 g/mol. The van der Waals surface area contributed by atoms with E-state index in [0.717, 1.165) is 0 Å². The third kappa shape index (κ3) is 6.00. The van der Waals surface area contributed by atoms with Gasteiger partial charge >= 0.3 is 5.97 Å². The molecule has 0 aliphatic carbocycles. The van der Waals surface area contributed by atoms with Crippen LogP contribution in [0.25, 0.3) is 0 Å². The predicted molar refractivity (Wildman–Crippen MR) is 125 cm³/mol. The predicted octanol–water partition coefficient (Wildman–Crippen LogP) is 2.87. The number of ether oxygens (including phenoxy) is 2. The van der Waals surface area contributed by atoms with Gasteiger partial charge in [-0.25, -0.2) is 8.42 Å². The molecule has 182 valence electrons. The van der Waals surface area contributed by atoms with Gasteiger partial charge in [0, 0.05) is 30.4 Å². The first-order valence-electron chi connectivity index (χ1n) is 10.9. The van der Waals surface area contributed by atoms with Gasteiger partial charge in [-0.05, 0) is 51.0 Å². The van der Waals surface area contributed by atoms with Crippen LogP contribution < -0.4 is 10.1 Å². The number of hydrogen-bond acceptors (Lipinski definition) is 7. The summed E-state index contributed by atoms with van der Waals surface area (Å²) in [5.74, 6) is -1.07. The van der Waals surface area contributed by atoms with Crippen LogP contribution in [0.1, 0.15) is 37.0 Å². The van der Waals surface area contributed by atoms with Crippen LogP contribution in [-0.4, -0.2) is 56.7 Å². The van der Waals surface area contributed by atoms with Crippen molar-refractivity contribution in [1.29, 1.82) is 0 Å². The van der Waals surface area contributed by atoms with Gasteiger partial charge in [-0.1, -0.05) is 18.2 Å². The van der Waals surface area contributed by atoms with Gasteiger partial charge < -0.3 is 14.8 Å². The maximum absolute atomic E-state index is 12.9. The molecule has 0 aromatic heterocycles. The Morgan fingerprint density at radius 1 is 1.06 bits per heavy atom. The molecule has 9 nitrogen and oxygen atoms in total. The molecule has 1 aliphatic heterocycles. The maximum atomic E-state index is 12.9. The Morgan fingerprint density at radius 2 is 1.71 bits per heavy atom. The first kappa shape index (κ1) is 25.4. The molecule has 2 aromatic rings. The van der Waals surface area contributed by atoms with E-state index in [1.807, 2.05) is 0 Å². The number of esters is 1. The molecule has 1 fully saturated rings. The summed E-state index contributed by atoms with van der Waals surface area (Å²) in [6, 6.07) is 12.6. The number of nitrogens with zero attached hydrogens (tertiary/aromatic N) is 1. The number of carbonyl (C=O) groups excluding carboxylic acids is 3. The van der Waals surface area contributed by atoms with E-state index in [-0.39, 0.29) is 36.6 Å². The highest BCUT2D eigenvalue weighted by Crippen LogP contribution is 2.25. The number of rotatable bonds is 8. The smallest absolute Gasteiger partial charge is 0.309 e. The second-order valence-corrected chi connectivity index (χ2v) is 10.00. The summed E-state index contributed by atoms with van der Waals surface area (Å²) >= 11 is 0. The number of methoxy groups -OCH3 is 1. The molecule has 0 saturated carbocycles. The van der Waals surface area contributed by atoms with Crippen LogP contribution in [0.5, 0.6) is 5.75 Å². The molecule has 2 aromatic carbocycles. The molecule has 0 radical (unpaired) electrons. The van der Waals surface area contributed by atoms with Gasteiger partial charge in [0.2, 0.25) is 10.0 Å². The van der Waals surface area contributed by atoms with Gasteiger partial charge in [-0.15, -0.1) is 0 Å². The van der Waals surface area contributed by atoms with Crippen LogP contribution in [0, 0.1) is 5.92 Å². The summed E-state index contributed by atoms with van der Waals surface area (Å²) in [5, 5.41) is 2.68. The minimum atomic E-state index is -3.73. The van der Waals surface area contributed by atoms with Crippen molar-refractivity contribution in [3.63, 3.8) is 0 Å². The average Bonchev–Trinajstić information content (AvgIpc) is 2.84. The third-order valence-electron chi connectivity index (χ3n) is 5.69. The second kappa shape index (κ2) is 10.8. The topological polar surface area (TPSA) is 119 Å². The Labute approximate surface area is 199 Å². The van der Waals surface area contributed by atoms with Gasteiger partial charge in [-0.2, -0.15) is 4.31 Å². The highest BCUT2D eigenvalue weighted by Gasteiger charge is 2.34. The molecule has 0 bridgehead atoms. The highest BCUT2D eigenvalue weighted by molar-refractivity contribution is 7.89. The number of piperidine rings is 1. The molecule has 34 heavy (non-hydrogen) atoms. The Hall–Kier alpha value is -3.24. The number of ketones is 1. The lowest BCUT2D eigenvalue weighted by Crippen LogP contribution is -2.41. The largest absolute Gasteiger partial charge is 0.497 e. The van der Waals surface area contributed by atoms with Crippen LogP contribution in [0.15, 0.2) is 53.4 Å². The summed E-state index contributed by atoms with van der Waals surface area (Å²) in [6.45, 7) is 3.20. The number of carbonyl (C=O) groups is 3. The molecule has 1 heterocycles. The van der Waals surface area contributed by atoms with Crippen molar-refractivity contribution >= 4 is 33.4 Å². The summed E-state index contributed by atoms with van der Waals surface area (Å²) in [4.78, 5) is 36.5. The van der Waals surface area contributed by atoms with Crippen LogP contribution in [-0.2, 0) is 24.3 Å². The number of sulfonamides is 1. The number of Topliss-reactive ketones (excluding diaryl/α,β-unsaturated/α-hetero) is 1. The van der Waals surface area contributed by atoms with E-state index in [1.165, 1.54) is 49.5 Å². The van der Waals surface area contributed by atoms with Crippen molar-refractivity contribution in [3.05, 3.63) is 54.1 Å². The number of amides is 1. The van der Waals surface area contributed by atoms with Gasteiger partial charge in [0.15, 0.2) is 11.9 Å². The lowest BCUT2D eigenvalue weighted by atomic mass is 9.98. The minimum Gasteiger partial charge on any atom is -0.497 e. The van der Waals surface area contributed by atoms with Crippen LogP contribution in [0.3, 0.4) is 0 Å². The molecule has 3 rings (SSSR count). The lowest BCUT2D eigenvalue weighted by Gasteiger charge is -2.30. The van der Waals surface area contributed by atoms with E-state index in [9.17, 15) is 22.8 Å². The molecular formula is C24H28N2O7S. The van der Waals surface area contributed by atoms with E-state index in [1.54, 1.807) is 24.3 Å². The number of anilines is 1. The zero-order valence-electron chi connectivity index (χ0n) is 19.3. The molecule has 1 saturated heterocycles. The first-order valence-corrected chi connectivity index (χ1v) is 12.3. The standard InChI is InChI=1S/C24H28N2O7S/c1-16(27)18-7-9-22(10-8-18)34(30,31)26-13-11-19(12-14-26)24(29)33-17(2)23(28)25-20-5-4-6-21(15-20)32-3/h4-10,15,17,19H,11-14H2,1-3H3,(H,25,28)/t17-/m0/s1. The Kier molecular flexibility index (Phi) is 8.06. The van der Waals surface area contributed by atoms with Gasteiger partial charge in [0.25, 0.3) is 5.91 Å². The average molecular weight is 489 g/mol. The Bertz CT molecular complexity index is 1150. The second-order valence-electron chi connectivity index (χ2n) is 8.06. The summed E-state index contributed by atoms with van der Waals surface area (Å²) in [5.41, 5.74) is 0.951. The first-order chi connectivity index (χ1) is 16.1. The Balaban J connectivity index is 1.53. The fraction of sp³-hybridized carbons (Fsp3) is 0.375. The van der Waals surface area contributed by atoms with Crippen molar-refractivity contribution in [2.45, 2.75) is 37.7 Å². The number of hydrogen-bond donors (Lipinski definition) is 1. The summed E-state index contributed by atoms with van der Waals surface area (Å²) in [7, 11) is -2.22. The molecule has 1 N–H and O–H groups in total. The fourth-order valence-corrected chi connectivity index (χ4v) is 5.08. The molecular weight excluding hydrogens is 460 g/mol. The van der Waals surface area contributed by atoms with Crippen molar-refractivity contribution in [3.8, 4) is 5.75 Å². The molecule has 0 spiro atoms. The SMILES string of the molecule is COc1cccc(NC(=O)[C@H](C)OC(=O)C2CCN(S(=O)(=O)c3ccc(C(C)=O)cc3)CC2)c1. The normalized spacial score (nSPS) is 15.9. The van der Waals surface area contributed by atoms with E-state index in [4.69, 9.17) is 9.47 Å². The summed E-state index contributed by atoms with van der Waals surface area (Å²) in [6.07, 6.45) is -0.443. The van der Waals surface area contributed by atoms with Gasteiger partial charge in [-0.3, -0.25) is 14.4 Å². The molecule has 1 amide bonds. The lowest BCUT2D eigenvalue weighted by molar-refractivity contribution is -0.158. The third-order valence-corrected chi connectivity index (χ3v) is 7.60.